The quantitative estimate of drug-likeness (QED) is 0.0974. The van der Waals surface area contributed by atoms with Crippen LogP contribution in [0.3, 0.4) is 0 Å². The van der Waals surface area contributed by atoms with Crippen LogP contribution in [0.4, 0.5) is 0 Å². The fourth-order valence-corrected chi connectivity index (χ4v) is 3.96. The van der Waals surface area contributed by atoms with Gasteiger partial charge < -0.3 is 49.3 Å². The normalized spacial score (nSPS) is 13.8. The highest BCUT2D eigenvalue weighted by Crippen LogP contribution is 2.45. The zero-order valence-corrected chi connectivity index (χ0v) is 25.4. The Morgan fingerprint density at radius 3 is 1.98 bits per heavy atom. The van der Waals surface area contributed by atoms with Crippen molar-refractivity contribution in [2.24, 2.45) is 5.73 Å². The van der Waals surface area contributed by atoms with Crippen LogP contribution < -0.4 is 20.5 Å². The Morgan fingerprint density at radius 2 is 1.44 bits per heavy atom. The number of carbonyl (C=O) groups excluding carboxylic acids is 2. The van der Waals surface area contributed by atoms with Crippen LogP contribution in [-0.4, -0.2) is 110 Å². The lowest BCUT2D eigenvalue weighted by Crippen LogP contribution is -2.27. The second kappa shape index (κ2) is 21.8. The monoisotopic (exact) mass is 620 g/mol. The van der Waals surface area contributed by atoms with Crippen molar-refractivity contribution in [3.8, 4) is 17.2 Å². The number of ether oxygens (including phenoxy) is 7. The van der Waals surface area contributed by atoms with Crippen molar-refractivity contribution >= 4 is 31.3 Å². The second-order valence-corrected chi connectivity index (χ2v) is 8.96. The van der Waals surface area contributed by atoms with E-state index in [2.05, 4.69) is 24.9 Å². The molecule has 1 atom stereocenters. The first-order valence-electron chi connectivity index (χ1n) is 13.9. The molecule has 3 rings (SSSR count). The zero-order chi connectivity index (χ0) is 31.3. The van der Waals surface area contributed by atoms with Crippen LogP contribution in [0.2, 0.25) is 0 Å². The van der Waals surface area contributed by atoms with E-state index in [0.29, 0.717) is 95.8 Å². The lowest BCUT2D eigenvalue weighted by molar-refractivity contribution is -0.0102. The Morgan fingerprint density at radius 1 is 0.907 bits per heavy atom. The summed E-state index contributed by atoms with van der Waals surface area (Å²) >= 11 is 3.03. The lowest BCUT2D eigenvalue weighted by Gasteiger charge is -2.26. The van der Waals surface area contributed by atoms with Crippen LogP contribution in [0.25, 0.3) is 0 Å². The van der Waals surface area contributed by atoms with E-state index in [1.54, 1.807) is 30.3 Å². The molecule has 0 aromatic heterocycles. The van der Waals surface area contributed by atoms with E-state index in [9.17, 15) is 14.7 Å². The Bertz CT molecular complexity index is 1090. The third kappa shape index (κ3) is 12.7. The lowest BCUT2D eigenvalue weighted by atomic mass is 9.95. The van der Waals surface area contributed by atoms with Crippen molar-refractivity contribution in [1.82, 2.24) is 5.32 Å². The highest BCUT2D eigenvalue weighted by Gasteiger charge is 2.31. The third-order valence-electron chi connectivity index (χ3n) is 6.07. The van der Waals surface area contributed by atoms with Crippen molar-refractivity contribution < 1.29 is 47.9 Å². The standard InChI is InChI=1S/C29H40N2O10.BHS/c1-35-25-7-6-23-24(32)20-26(41-28(23)27(25)33)21-2-4-22(5-3-21)29(34)31-9-11-37-13-15-39-17-19-40-18-16-38-14-12-36-10-8-30;1-2/h2-7,26,33H,8-20,30H2,1H3,(H,31,34);2H. The maximum absolute atomic E-state index is 12.6. The van der Waals surface area contributed by atoms with Gasteiger partial charge in [0.2, 0.25) is 5.75 Å². The van der Waals surface area contributed by atoms with Gasteiger partial charge in [-0.3, -0.25) is 9.59 Å². The number of rotatable bonds is 20. The Labute approximate surface area is 259 Å². The van der Waals surface area contributed by atoms with Crippen molar-refractivity contribution in [2.45, 2.75) is 12.5 Å². The van der Waals surface area contributed by atoms with Crippen molar-refractivity contribution in [2.75, 3.05) is 86.3 Å². The topological polar surface area (TPSA) is 157 Å². The van der Waals surface area contributed by atoms with Crippen LogP contribution in [0.15, 0.2) is 36.4 Å². The molecule has 236 valence electrons. The molecule has 4 N–H and O–H groups in total. The number of carbonyl (C=O) groups is 2. The molecule has 0 spiro atoms. The highest BCUT2D eigenvalue weighted by atomic mass is 32.1. The number of methoxy groups -OCH3 is 1. The number of hydrogen-bond donors (Lipinski definition) is 4. The van der Waals surface area contributed by atoms with Crippen LogP contribution >= 0.6 is 12.5 Å². The number of nitrogens with one attached hydrogen (secondary N) is 1. The molecule has 1 aliphatic rings. The van der Waals surface area contributed by atoms with E-state index in [1.807, 2.05) is 0 Å². The van der Waals surface area contributed by atoms with E-state index in [4.69, 9.17) is 38.9 Å². The molecule has 1 aliphatic heterocycles. The minimum atomic E-state index is -0.585. The summed E-state index contributed by atoms with van der Waals surface area (Å²) < 4.78 is 37.9. The molecular weight excluding hydrogens is 579 g/mol. The predicted molar refractivity (Wildman–Crippen MR) is 164 cm³/mol. The molecule has 43 heavy (non-hydrogen) atoms. The summed E-state index contributed by atoms with van der Waals surface area (Å²) in [6, 6.07) is 9.91. The molecule has 0 saturated carbocycles. The molecule has 0 bridgehead atoms. The summed E-state index contributed by atoms with van der Waals surface area (Å²) in [6.07, 6.45) is -0.460. The molecule has 12 nitrogen and oxygen atoms in total. The number of Topliss-reactive ketones (excluding diaryl/α,β-unsaturated/α-hetero) is 1. The van der Waals surface area contributed by atoms with E-state index >= 15 is 0 Å². The smallest absolute Gasteiger partial charge is 0.251 e. The van der Waals surface area contributed by atoms with Gasteiger partial charge in [-0.2, -0.15) is 0 Å². The van der Waals surface area contributed by atoms with Gasteiger partial charge in [0.25, 0.3) is 5.91 Å². The van der Waals surface area contributed by atoms with Gasteiger partial charge in [-0.25, -0.2) is 12.5 Å². The fraction of sp³-hybridized carbons (Fsp3) is 0.517. The number of aromatic hydroxyl groups is 1. The number of amides is 1. The SMILES string of the molecule is COc1ccc2c(c1O)OC(c1ccc(C(=O)NCCOCCOCCOCCOCCOCCN)cc1)CC2=O.[B]S. The summed E-state index contributed by atoms with van der Waals surface area (Å²) in [7, 11) is 5.62. The van der Waals surface area contributed by atoms with Gasteiger partial charge in [0, 0.05) is 18.7 Å². The van der Waals surface area contributed by atoms with E-state index < -0.39 is 6.10 Å². The average molecular weight is 621 g/mol. The summed E-state index contributed by atoms with van der Waals surface area (Å²) in [6.45, 7) is 5.52. The summed E-state index contributed by atoms with van der Waals surface area (Å²) in [4.78, 5) is 25.1. The first kappa shape index (κ1) is 36.3. The van der Waals surface area contributed by atoms with Gasteiger partial charge >= 0.3 is 0 Å². The molecule has 0 saturated heterocycles. The van der Waals surface area contributed by atoms with Gasteiger partial charge in [0.05, 0.1) is 85.2 Å². The van der Waals surface area contributed by atoms with Crippen LogP contribution in [0.5, 0.6) is 17.2 Å². The number of phenols is 1. The molecule has 0 aliphatic carbocycles. The average Bonchev–Trinajstić information content (AvgIpc) is 3.04. The molecule has 2 radical (unpaired) electrons. The number of benzene rings is 2. The summed E-state index contributed by atoms with van der Waals surface area (Å²) in [5.74, 6) is -0.260. The number of fused-ring (bicyclic) bond motifs is 1. The number of ketones is 1. The molecular formula is C29H41BN2O10S. The zero-order valence-electron chi connectivity index (χ0n) is 24.5. The van der Waals surface area contributed by atoms with Crippen LogP contribution in [0, 0.1) is 0 Å². The minimum absolute atomic E-state index is 0.105. The van der Waals surface area contributed by atoms with Gasteiger partial charge in [0.15, 0.2) is 24.4 Å². The predicted octanol–water partition coefficient (Wildman–Crippen LogP) is 1.88. The third-order valence-corrected chi connectivity index (χ3v) is 6.07. The Balaban J connectivity index is 0.00000316. The number of nitrogens with two attached hydrogens (primary N) is 1. The van der Waals surface area contributed by atoms with E-state index in [1.165, 1.54) is 13.2 Å². The number of thiol groups is 1. The summed E-state index contributed by atoms with van der Waals surface area (Å²) in [5.41, 5.74) is 6.83. The molecule has 2 aromatic rings. The molecule has 1 heterocycles. The Kier molecular flexibility index (Phi) is 18.4. The number of hydrogen-bond acceptors (Lipinski definition) is 12. The Hall–Kier alpha value is -2.85. The van der Waals surface area contributed by atoms with Crippen LogP contribution in [-0.2, 0) is 23.7 Å². The summed E-state index contributed by atoms with van der Waals surface area (Å²) in [5, 5.41) is 13.2. The van der Waals surface area contributed by atoms with Gasteiger partial charge in [-0.05, 0) is 29.8 Å². The van der Waals surface area contributed by atoms with E-state index in [0.717, 1.165) is 0 Å². The molecule has 1 amide bonds. The maximum atomic E-state index is 12.6. The largest absolute Gasteiger partial charge is 0.502 e. The van der Waals surface area contributed by atoms with Crippen molar-refractivity contribution in [3.63, 3.8) is 0 Å². The molecule has 14 heteroatoms. The van der Waals surface area contributed by atoms with E-state index in [-0.39, 0.29) is 35.4 Å². The molecule has 0 fully saturated rings. The van der Waals surface area contributed by atoms with Gasteiger partial charge in [-0.15, -0.1) is 0 Å². The van der Waals surface area contributed by atoms with Gasteiger partial charge in [0.1, 0.15) is 6.10 Å². The van der Waals surface area contributed by atoms with Crippen LogP contribution in [0.1, 0.15) is 38.8 Å². The van der Waals surface area contributed by atoms with Crippen molar-refractivity contribution in [1.29, 1.82) is 0 Å². The second-order valence-electron chi connectivity index (χ2n) is 8.96. The van der Waals surface area contributed by atoms with Gasteiger partial charge in [-0.1, -0.05) is 12.1 Å². The highest BCUT2D eigenvalue weighted by molar-refractivity contribution is 8.03. The fourth-order valence-electron chi connectivity index (χ4n) is 3.96. The maximum Gasteiger partial charge on any atom is 0.251 e. The first-order valence-corrected chi connectivity index (χ1v) is 14.4. The minimum Gasteiger partial charge on any atom is -0.502 e. The van der Waals surface area contributed by atoms with Crippen molar-refractivity contribution in [3.05, 3.63) is 53.1 Å². The molecule has 1 unspecified atom stereocenters. The molecule has 2 aromatic carbocycles. The number of phenolic OH excluding ortho intramolecular Hbond substituents is 1. The first-order chi connectivity index (χ1) is 21.0.